The van der Waals surface area contributed by atoms with Crippen molar-refractivity contribution in [1.29, 1.82) is 5.26 Å². The molecule has 0 aliphatic carbocycles. The van der Waals surface area contributed by atoms with E-state index in [1.54, 1.807) is 55.3 Å². The largest absolute Gasteiger partial charge is 0.315 e. The monoisotopic (exact) mass is 359 g/mol. The predicted octanol–water partition coefficient (Wildman–Crippen LogP) is 2.43. The lowest BCUT2D eigenvalue weighted by Crippen LogP contribution is -2.23. The normalized spacial score (nSPS) is 11.1. The number of amides is 1. The zero-order valence-electron chi connectivity index (χ0n) is 14.9. The highest BCUT2D eigenvalue weighted by Gasteiger charge is 2.19. The van der Waals surface area contributed by atoms with Crippen molar-refractivity contribution in [1.82, 2.24) is 14.3 Å². The Kier molecular flexibility index (Phi) is 4.99. The number of nitrogens with one attached hydrogen (secondary N) is 1. The van der Waals surface area contributed by atoms with Gasteiger partial charge in [0.2, 0.25) is 0 Å². The van der Waals surface area contributed by atoms with Gasteiger partial charge in [0, 0.05) is 19.4 Å². The molecule has 2 aromatic heterocycles. The molecule has 0 radical (unpaired) electrons. The van der Waals surface area contributed by atoms with Gasteiger partial charge in [0.05, 0.1) is 11.4 Å². The average molecular weight is 359 g/mol. The minimum absolute atomic E-state index is 0.114. The van der Waals surface area contributed by atoms with Gasteiger partial charge in [-0.05, 0) is 36.8 Å². The summed E-state index contributed by atoms with van der Waals surface area (Å²) in [7, 11) is 1.73. The summed E-state index contributed by atoms with van der Waals surface area (Å²) >= 11 is 0. The summed E-state index contributed by atoms with van der Waals surface area (Å²) in [5.74, 6) is -0.646. The molecule has 0 saturated carbocycles. The summed E-state index contributed by atoms with van der Waals surface area (Å²) in [4.78, 5) is 29.3. The van der Waals surface area contributed by atoms with Gasteiger partial charge in [-0.2, -0.15) is 5.26 Å². The number of carbonyl (C=O) groups is 1. The van der Waals surface area contributed by atoms with Crippen molar-refractivity contribution in [2.45, 2.75) is 6.92 Å². The molecular weight excluding hydrogens is 342 g/mol. The van der Waals surface area contributed by atoms with E-state index in [-0.39, 0.29) is 16.8 Å². The van der Waals surface area contributed by atoms with E-state index in [1.165, 1.54) is 10.8 Å². The Balaban J connectivity index is 1.97. The number of para-hydroxylation sites is 1. The van der Waals surface area contributed by atoms with E-state index in [2.05, 4.69) is 10.3 Å². The van der Waals surface area contributed by atoms with E-state index in [0.29, 0.717) is 16.9 Å². The number of pyridine rings is 1. The molecule has 2 heterocycles. The van der Waals surface area contributed by atoms with Gasteiger partial charge in [-0.1, -0.05) is 24.3 Å². The van der Waals surface area contributed by atoms with Crippen molar-refractivity contribution in [2.75, 3.05) is 5.32 Å². The van der Waals surface area contributed by atoms with Crippen LogP contribution >= 0.6 is 0 Å². The molecule has 0 saturated heterocycles. The Bertz CT molecular complexity index is 1100. The van der Waals surface area contributed by atoms with Crippen LogP contribution in [-0.2, 0) is 11.8 Å². The Morgan fingerprint density at radius 2 is 1.96 bits per heavy atom. The molecule has 0 aliphatic rings. The quantitative estimate of drug-likeness (QED) is 0.572. The third-order valence-electron chi connectivity index (χ3n) is 4.15. The highest BCUT2D eigenvalue weighted by molar-refractivity contribution is 6.09. The summed E-state index contributed by atoms with van der Waals surface area (Å²) in [6.45, 7) is 1.73. The van der Waals surface area contributed by atoms with Crippen LogP contribution in [0.15, 0.2) is 65.2 Å². The topological polar surface area (TPSA) is 92.7 Å². The molecule has 3 rings (SSSR count). The maximum Gasteiger partial charge on any atom is 0.295 e. The van der Waals surface area contributed by atoms with Crippen molar-refractivity contribution < 1.29 is 4.79 Å². The third kappa shape index (κ3) is 3.55. The molecule has 27 heavy (non-hydrogen) atoms. The number of rotatable bonds is 4. The summed E-state index contributed by atoms with van der Waals surface area (Å²) in [5, 5.41) is 11.9. The molecule has 0 atom stereocenters. The fraction of sp³-hybridized carbons (Fsp3) is 0.100. The number of hydrogen-bond donors (Lipinski definition) is 1. The second kappa shape index (κ2) is 7.54. The molecular formula is C20H17N5O2. The van der Waals surface area contributed by atoms with Crippen LogP contribution < -0.4 is 10.9 Å². The van der Waals surface area contributed by atoms with Crippen LogP contribution in [0.4, 0.5) is 5.69 Å². The minimum atomic E-state index is -0.646. The van der Waals surface area contributed by atoms with Crippen molar-refractivity contribution in [3.8, 4) is 11.8 Å². The number of nitrogens with zero attached hydrogens (tertiary/aromatic N) is 4. The second-order valence-corrected chi connectivity index (χ2v) is 5.85. The molecule has 7 nitrogen and oxygen atoms in total. The Hall–Kier alpha value is -3.92. The van der Waals surface area contributed by atoms with Crippen LogP contribution in [-0.4, -0.2) is 20.3 Å². The summed E-state index contributed by atoms with van der Waals surface area (Å²) in [5.41, 5.74) is 1.54. The average Bonchev–Trinajstić information content (AvgIpc) is 2.90. The lowest BCUT2D eigenvalue weighted by molar-refractivity contribution is -0.112. The number of aromatic nitrogens is 3. The molecule has 0 unspecified atom stereocenters. The van der Waals surface area contributed by atoms with Crippen LogP contribution in [0.25, 0.3) is 11.8 Å². The first-order chi connectivity index (χ1) is 13.0. The Morgan fingerprint density at radius 1 is 1.22 bits per heavy atom. The van der Waals surface area contributed by atoms with Crippen LogP contribution in [0.2, 0.25) is 0 Å². The summed E-state index contributed by atoms with van der Waals surface area (Å²) < 4.78 is 3.12. The van der Waals surface area contributed by atoms with Gasteiger partial charge >= 0.3 is 0 Å². The molecule has 0 bridgehead atoms. The number of carbonyl (C=O) groups excluding carboxylic acids is 1. The fourth-order valence-electron chi connectivity index (χ4n) is 2.67. The smallest absolute Gasteiger partial charge is 0.295 e. The first kappa shape index (κ1) is 17.9. The molecule has 7 heteroatoms. The Labute approximate surface area is 155 Å². The SMILES string of the molecule is Cc1c(NC(=O)/C(C#N)=C/c2cccnc2)c(=O)n(-c2ccccc2)n1C. The second-order valence-electron chi connectivity index (χ2n) is 5.85. The van der Waals surface area contributed by atoms with Crippen molar-refractivity contribution >= 4 is 17.7 Å². The maximum absolute atomic E-state index is 12.8. The first-order valence-electron chi connectivity index (χ1n) is 8.20. The Morgan fingerprint density at radius 3 is 2.59 bits per heavy atom. The molecule has 0 fully saturated rings. The van der Waals surface area contributed by atoms with Crippen molar-refractivity contribution in [3.05, 3.63) is 82.0 Å². The van der Waals surface area contributed by atoms with Gasteiger partial charge in [-0.25, -0.2) is 4.68 Å². The van der Waals surface area contributed by atoms with E-state index in [4.69, 9.17) is 0 Å². The number of hydrogen-bond acceptors (Lipinski definition) is 4. The number of benzene rings is 1. The van der Waals surface area contributed by atoms with E-state index in [9.17, 15) is 14.9 Å². The van der Waals surface area contributed by atoms with Gasteiger partial charge in [-0.15, -0.1) is 0 Å². The summed E-state index contributed by atoms with van der Waals surface area (Å²) in [6.07, 6.45) is 4.57. The third-order valence-corrected chi connectivity index (χ3v) is 4.15. The highest BCUT2D eigenvalue weighted by atomic mass is 16.2. The lowest BCUT2D eigenvalue weighted by atomic mass is 10.1. The van der Waals surface area contributed by atoms with E-state index < -0.39 is 5.91 Å². The van der Waals surface area contributed by atoms with Crippen molar-refractivity contribution in [2.24, 2.45) is 7.05 Å². The molecule has 0 spiro atoms. The molecule has 0 aliphatic heterocycles. The molecule has 3 aromatic rings. The van der Waals surface area contributed by atoms with Crippen LogP contribution in [0.3, 0.4) is 0 Å². The first-order valence-corrected chi connectivity index (χ1v) is 8.20. The molecule has 1 aromatic carbocycles. The zero-order valence-corrected chi connectivity index (χ0v) is 14.9. The van der Waals surface area contributed by atoms with E-state index in [1.807, 2.05) is 24.3 Å². The number of nitriles is 1. The molecule has 1 amide bonds. The van der Waals surface area contributed by atoms with Crippen LogP contribution in [0.1, 0.15) is 11.3 Å². The highest BCUT2D eigenvalue weighted by Crippen LogP contribution is 2.15. The molecule has 1 N–H and O–H groups in total. The van der Waals surface area contributed by atoms with Crippen LogP contribution in [0.5, 0.6) is 0 Å². The maximum atomic E-state index is 12.8. The molecule has 134 valence electrons. The van der Waals surface area contributed by atoms with E-state index in [0.717, 1.165) is 0 Å². The standard InChI is InChI=1S/C20H17N5O2/c1-14-18(20(27)25(24(14)2)17-8-4-3-5-9-17)23-19(26)16(12-21)11-15-7-6-10-22-13-15/h3-11,13H,1-2H3,(H,23,26)/b16-11+. The van der Waals surface area contributed by atoms with Gasteiger partial charge < -0.3 is 5.32 Å². The predicted molar refractivity (Wildman–Crippen MR) is 102 cm³/mol. The van der Waals surface area contributed by atoms with Gasteiger partial charge in [0.15, 0.2) is 0 Å². The van der Waals surface area contributed by atoms with Crippen molar-refractivity contribution in [3.63, 3.8) is 0 Å². The minimum Gasteiger partial charge on any atom is -0.315 e. The lowest BCUT2D eigenvalue weighted by Gasteiger charge is -2.07. The number of anilines is 1. The zero-order chi connectivity index (χ0) is 19.4. The van der Waals surface area contributed by atoms with E-state index >= 15 is 0 Å². The van der Waals surface area contributed by atoms with Crippen LogP contribution in [0, 0.1) is 18.3 Å². The van der Waals surface area contributed by atoms with Gasteiger partial charge in [0.25, 0.3) is 11.5 Å². The van der Waals surface area contributed by atoms with Gasteiger partial charge in [-0.3, -0.25) is 19.3 Å². The summed E-state index contributed by atoms with van der Waals surface area (Å²) in [6, 6.07) is 14.4. The fourth-order valence-corrected chi connectivity index (χ4v) is 2.67. The van der Waals surface area contributed by atoms with Gasteiger partial charge in [0.1, 0.15) is 17.3 Å².